The monoisotopic (exact) mass is 182 g/mol. The summed E-state index contributed by atoms with van der Waals surface area (Å²) in [6, 6.07) is 0. The van der Waals surface area contributed by atoms with Crippen molar-refractivity contribution in [3.05, 3.63) is 0 Å². The van der Waals surface area contributed by atoms with Gasteiger partial charge in [-0.05, 0) is 6.42 Å². The first kappa shape index (κ1) is 8.93. The average Bonchev–Trinajstić information content (AvgIpc) is 2.29. The maximum absolute atomic E-state index is 12.7. The van der Waals surface area contributed by atoms with Gasteiger partial charge in [0.05, 0.1) is 18.1 Å². The molecular weight excluding hydrogens is 171 g/mol. The molecule has 0 aliphatic carbocycles. The highest BCUT2D eigenvalue weighted by molar-refractivity contribution is 7.91. The van der Waals surface area contributed by atoms with E-state index in [-0.39, 0.29) is 11.5 Å². The second-order valence-electron chi connectivity index (χ2n) is 2.86. The van der Waals surface area contributed by atoms with Gasteiger partial charge in [0, 0.05) is 5.92 Å². The first-order chi connectivity index (χ1) is 5.05. The SMILES string of the molecule is O=S1(=O)CCC(C(F)CO)C1. The van der Waals surface area contributed by atoms with Gasteiger partial charge in [-0.15, -0.1) is 0 Å². The summed E-state index contributed by atoms with van der Waals surface area (Å²) >= 11 is 0. The van der Waals surface area contributed by atoms with Crippen molar-refractivity contribution in [2.24, 2.45) is 5.92 Å². The summed E-state index contributed by atoms with van der Waals surface area (Å²) in [5.74, 6) is -0.516. The second kappa shape index (κ2) is 3.06. The molecule has 5 heteroatoms. The quantitative estimate of drug-likeness (QED) is 0.640. The van der Waals surface area contributed by atoms with Crippen LogP contribution in [0.4, 0.5) is 4.39 Å². The number of sulfone groups is 1. The molecule has 66 valence electrons. The third-order valence-corrected chi connectivity index (χ3v) is 3.75. The Bertz CT molecular complexity index is 224. The minimum absolute atomic E-state index is 0.0675. The summed E-state index contributed by atoms with van der Waals surface area (Å²) in [7, 11) is -3.00. The van der Waals surface area contributed by atoms with E-state index in [1.165, 1.54) is 0 Å². The highest BCUT2D eigenvalue weighted by Crippen LogP contribution is 2.23. The van der Waals surface area contributed by atoms with E-state index in [4.69, 9.17) is 5.11 Å². The standard InChI is InChI=1S/C6H11FO3S/c7-6(3-8)5-1-2-11(9,10)4-5/h5-6,8H,1-4H2. The third-order valence-electron chi connectivity index (χ3n) is 1.95. The first-order valence-corrected chi connectivity index (χ1v) is 5.32. The molecule has 0 spiro atoms. The molecule has 1 aliphatic rings. The molecule has 2 unspecified atom stereocenters. The largest absolute Gasteiger partial charge is 0.393 e. The van der Waals surface area contributed by atoms with Gasteiger partial charge in [-0.2, -0.15) is 0 Å². The van der Waals surface area contributed by atoms with Crippen molar-refractivity contribution in [2.45, 2.75) is 12.6 Å². The molecule has 0 aromatic carbocycles. The van der Waals surface area contributed by atoms with E-state index in [1.807, 2.05) is 0 Å². The smallest absolute Gasteiger partial charge is 0.150 e. The molecule has 0 aromatic rings. The van der Waals surface area contributed by atoms with Crippen molar-refractivity contribution in [2.75, 3.05) is 18.1 Å². The highest BCUT2D eigenvalue weighted by atomic mass is 32.2. The fourth-order valence-electron chi connectivity index (χ4n) is 1.26. The Morgan fingerprint density at radius 3 is 2.64 bits per heavy atom. The number of halogens is 1. The lowest BCUT2D eigenvalue weighted by molar-refractivity contribution is 0.135. The molecule has 1 heterocycles. The van der Waals surface area contributed by atoms with Crippen LogP contribution in [-0.2, 0) is 9.84 Å². The molecule has 0 saturated carbocycles. The fourth-order valence-corrected chi connectivity index (χ4v) is 3.11. The van der Waals surface area contributed by atoms with Crippen molar-refractivity contribution in [3.63, 3.8) is 0 Å². The van der Waals surface area contributed by atoms with E-state index in [9.17, 15) is 12.8 Å². The molecule has 0 radical (unpaired) electrons. The van der Waals surface area contributed by atoms with E-state index in [1.54, 1.807) is 0 Å². The predicted octanol–water partition coefficient (Wildman–Crippen LogP) is -0.248. The Kier molecular flexibility index (Phi) is 2.49. The average molecular weight is 182 g/mol. The lowest BCUT2D eigenvalue weighted by Gasteiger charge is -2.09. The van der Waals surface area contributed by atoms with Crippen LogP contribution in [0, 0.1) is 5.92 Å². The van der Waals surface area contributed by atoms with Crippen LogP contribution in [0.3, 0.4) is 0 Å². The molecule has 0 bridgehead atoms. The normalized spacial score (nSPS) is 32.0. The van der Waals surface area contributed by atoms with Gasteiger partial charge >= 0.3 is 0 Å². The summed E-state index contributed by atoms with van der Waals surface area (Å²) in [6.07, 6.45) is -1.02. The van der Waals surface area contributed by atoms with Crippen LogP contribution < -0.4 is 0 Å². The maximum Gasteiger partial charge on any atom is 0.150 e. The fraction of sp³-hybridized carbons (Fsp3) is 1.00. The Morgan fingerprint density at radius 1 is 1.64 bits per heavy atom. The van der Waals surface area contributed by atoms with E-state index in [0.717, 1.165) is 0 Å². The Labute approximate surface area is 65.1 Å². The number of alkyl halides is 1. The van der Waals surface area contributed by atoms with Gasteiger partial charge in [-0.25, -0.2) is 12.8 Å². The number of aliphatic hydroxyl groups excluding tert-OH is 1. The van der Waals surface area contributed by atoms with Gasteiger partial charge in [0.25, 0.3) is 0 Å². The van der Waals surface area contributed by atoms with Gasteiger partial charge in [0.1, 0.15) is 6.17 Å². The van der Waals surface area contributed by atoms with E-state index >= 15 is 0 Å². The molecule has 1 saturated heterocycles. The molecular formula is C6H11FO3S. The molecule has 2 atom stereocenters. The highest BCUT2D eigenvalue weighted by Gasteiger charge is 2.33. The van der Waals surface area contributed by atoms with E-state index in [0.29, 0.717) is 6.42 Å². The maximum atomic E-state index is 12.7. The van der Waals surface area contributed by atoms with Crippen molar-refractivity contribution in [1.29, 1.82) is 0 Å². The zero-order valence-electron chi connectivity index (χ0n) is 6.03. The molecule has 1 fully saturated rings. The summed E-state index contributed by atoms with van der Waals surface area (Å²) in [5.41, 5.74) is 0. The molecule has 3 nitrogen and oxygen atoms in total. The summed E-state index contributed by atoms with van der Waals surface area (Å²) in [4.78, 5) is 0. The lowest BCUT2D eigenvalue weighted by Crippen LogP contribution is -2.20. The molecule has 0 amide bonds. The van der Waals surface area contributed by atoms with Crippen LogP contribution in [0.25, 0.3) is 0 Å². The van der Waals surface area contributed by atoms with Crippen molar-refractivity contribution in [3.8, 4) is 0 Å². The van der Waals surface area contributed by atoms with Crippen LogP contribution in [-0.4, -0.2) is 37.8 Å². The molecule has 1 aliphatic heterocycles. The minimum atomic E-state index is -3.00. The first-order valence-electron chi connectivity index (χ1n) is 3.50. The molecule has 1 rings (SSSR count). The van der Waals surface area contributed by atoms with Gasteiger partial charge in [-0.1, -0.05) is 0 Å². The molecule has 1 N–H and O–H groups in total. The van der Waals surface area contributed by atoms with Gasteiger partial charge in [0.15, 0.2) is 9.84 Å². The third kappa shape index (κ3) is 2.13. The number of hydrogen-bond acceptors (Lipinski definition) is 3. The zero-order valence-corrected chi connectivity index (χ0v) is 6.85. The van der Waals surface area contributed by atoms with Crippen LogP contribution in [0.1, 0.15) is 6.42 Å². The van der Waals surface area contributed by atoms with Gasteiger partial charge in [0.2, 0.25) is 0 Å². The number of hydrogen-bond donors (Lipinski definition) is 1. The zero-order chi connectivity index (χ0) is 8.48. The van der Waals surface area contributed by atoms with Crippen molar-refractivity contribution in [1.82, 2.24) is 0 Å². The van der Waals surface area contributed by atoms with Crippen LogP contribution in [0.2, 0.25) is 0 Å². The number of rotatable bonds is 2. The lowest BCUT2D eigenvalue weighted by atomic mass is 10.0. The summed E-state index contributed by atoms with van der Waals surface area (Å²) in [6.45, 7) is -0.569. The topological polar surface area (TPSA) is 54.4 Å². The van der Waals surface area contributed by atoms with Crippen LogP contribution >= 0.6 is 0 Å². The minimum Gasteiger partial charge on any atom is -0.393 e. The Hall–Kier alpha value is -0.160. The van der Waals surface area contributed by atoms with Crippen molar-refractivity contribution >= 4 is 9.84 Å². The van der Waals surface area contributed by atoms with Gasteiger partial charge < -0.3 is 5.11 Å². The second-order valence-corrected chi connectivity index (χ2v) is 5.09. The molecule has 0 aromatic heterocycles. The predicted molar refractivity (Wildman–Crippen MR) is 38.7 cm³/mol. The van der Waals surface area contributed by atoms with Gasteiger partial charge in [-0.3, -0.25) is 0 Å². The van der Waals surface area contributed by atoms with Crippen molar-refractivity contribution < 1.29 is 17.9 Å². The summed E-state index contributed by atoms with van der Waals surface area (Å²) < 4.78 is 34.3. The van der Waals surface area contributed by atoms with Crippen LogP contribution in [0.5, 0.6) is 0 Å². The van der Waals surface area contributed by atoms with E-state index < -0.39 is 28.5 Å². The molecule has 11 heavy (non-hydrogen) atoms. The Morgan fingerprint density at radius 2 is 2.27 bits per heavy atom. The van der Waals surface area contributed by atoms with Crippen LogP contribution in [0.15, 0.2) is 0 Å². The summed E-state index contributed by atoms with van der Waals surface area (Å²) in [5, 5.41) is 8.40. The number of aliphatic hydroxyl groups is 1. The van der Waals surface area contributed by atoms with E-state index in [2.05, 4.69) is 0 Å². The Balaban J connectivity index is 2.55.